The molecule has 0 saturated heterocycles. The van der Waals surface area contributed by atoms with Crippen LogP contribution in [0.15, 0.2) is 76.2 Å². The quantitative estimate of drug-likeness (QED) is 0.361. The molecule has 0 saturated carbocycles. The van der Waals surface area contributed by atoms with Crippen LogP contribution in [-0.2, 0) is 11.3 Å². The van der Waals surface area contributed by atoms with E-state index in [1.165, 1.54) is 24.1 Å². The highest BCUT2D eigenvalue weighted by Crippen LogP contribution is 2.42. The zero-order valence-electron chi connectivity index (χ0n) is 20.1. The number of rotatable bonds is 6. The minimum Gasteiger partial charge on any atom is -0.489 e. The van der Waals surface area contributed by atoms with Crippen molar-refractivity contribution in [3.8, 4) is 11.1 Å². The fourth-order valence-corrected chi connectivity index (χ4v) is 5.30. The number of hydrogen-bond donors (Lipinski definition) is 0. The average Bonchev–Trinajstić information content (AvgIpc) is 3.20. The van der Waals surface area contributed by atoms with Crippen LogP contribution in [0.4, 0.5) is 5.82 Å². The van der Waals surface area contributed by atoms with Crippen molar-refractivity contribution in [3.05, 3.63) is 93.5 Å². The second kappa shape index (κ2) is 9.71. The SMILES string of the molecule is CCC1C=C(OCc2ccc(-c3ccccc3)c(Cl)c2)C2=C(CCCC2)N1c1noc(C)c1C. The minimum absolute atomic E-state index is 0.194. The Hall–Kier alpha value is -2.98. The van der Waals surface area contributed by atoms with E-state index in [-0.39, 0.29) is 6.04 Å². The molecule has 0 radical (unpaired) electrons. The molecule has 1 aromatic heterocycles. The summed E-state index contributed by atoms with van der Waals surface area (Å²) in [6.07, 6.45) is 7.66. The molecule has 0 bridgehead atoms. The van der Waals surface area contributed by atoms with E-state index in [2.05, 4.69) is 54.2 Å². The first-order chi connectivity index (χ1) is 16.6. The van der Waals surface area contributed by atoms with E-state index in [9.17, 15) is 0 Å². The number of halogens is 1. The summed E-state index contributed by atoms with van der Waals surface area (Å²) in [6, 6.07) is 16.6. The lowest BCUT2D eigenvalue weighted by Crippen LogP contribution is -2.38. The predicted molar refractivity (Wildman–Crippen MR) is 138 cm³/mol. The van der Waals surface area contributed by atoms with Gasteiger partial charge in [-0.2, -0.15) is 0 Å². The Kier molecular flexibility index (Phi) is 6.51. The van der Waals surface area contributed by atoms with E-state index < -0.39 is 0 Å². The van der Waals surface area contributed by atoms with E-state index in [0.29, 0.717) is 6.61 Å². The smallest absolute Gasteiger partial charge is 0.179 e. The topological polar surface area (TPSA) is 38.5 Å². The van der Waals surface area contributed by atoms with Gasteiger partial charge in [0.25, 0.3) is 0 Å². The molecule has 2 aliphatic rings. The Morgan fingerprint density at radius 2 is 1.88 bits per heavy atom. The van der Waals surface area contributed by atoms with Crippen molar-refractivity contribution in [1.29, 1.82) is 0 Å². The summed E-state index contributed by atoms with van der Waals surface area (Å²) in [5.41, 5.74) is 6.99. The van der Waals surface area contributed by atoms with Gasteiger partial charge in [0, 0.05) is 27.4 Å². The third-order valence-corrected chi connectivity index (χ3v) is 7.31. The van der Waals surface area contributed by atoms with Gasteiger partial charge in [0.2, 0.25) is 0 Å². The number of aromatic nitrogens is 1. The highest BCUT2D eigenvalue weighted by molar-refractivity contribution is 6.33. The number of nitrogens with zero attached hydrogens (tertiary/aromatic N) is 2. The summed E-state index contributed by atoms with van der Waals surface area (Å²) in [6.45, 7) is 6.78. The molecule has 0 spiro atoms. The molecule has 176 valence electrons. The maximum atomic E-state index is 6.64. The summed E-state index contributed by atoms with van der Waals surface area (Å²) in [5, 5.41) is 5.17. The van der Waals surface area contributed by atoms with Gasteiger partial charge in [-0.15, -0.1) is 0 Å². The van der Waals surface area contributed by atoms with Gasteiger partial charge in [-0.05, 0) is 69.2 Å². The molecule has 1 unspecified atom stereocenters. The Balaban J connectivity index is 1.40. The maximum absolute atomic E-state index is 6.64. The molecule has 5 rings (SSSR count). The average molecular weight is 475 g/mol. The molecule has 34 heavy (non-hydrogen) atoms. The summed E-state index contributed by atoms with van der Waals surface area (Å²) >= 11 is 6.64. The van der Waals surface area contributed by atoms with Gasteiger partial charge in [0.15, 0.2) is 5.82 Å². The number of aryl methyl sites for hydroxylation is 1. The van der Waals surface area contributed by atoms with E-state index in [0.717, 1.165) is 63.9 Å². The van der Waals surface area contributed by atoms with Crippen molar-refractivity contribution in [1.82, 2.24) is 5.16 Å². The van der Waals surface area contributed by atoms with Crippen molar-refractivity contribution in [2.75, 3.05) is 4.90 Å². The van der Waals surface area contributed by atoms with Crippen LogP contribution in [0.2, 0.25) is 5.02 Å². The van der Waals surface area contributed by atoms with Crippen LogP contribution in [0.3, 0.4) is 0 Å². The highest BCUT2D eigenvalue weighted by Gasteiger charge is 2.34. The van der Waals surface area contributed by atoms with E-state index in [1.807, 2.05) is 31.2 Å². The molecule has 4 nitrogen and oxygen atoms in total. The summed E-state index contributed by atoms with van der Waals surface area (Å²) < 4.78 is 12.0. The van der Waals surface area contributed by atoms with Gasteiger partial charge < -0.3 is 14.2 Å². The molecule has 0 N–H and O–H groups in total. The van der Waals surface area contributed by atoms with Crippen LogP contribution in [-0.4, -0.2) is 11.2 Å². The summed E-state index contributed by atoms with van der Waals surface area (Å²) in [4.78, 5) is 2.39. The molecular weight excluding hydrogens is 444 g/mol. The molecule has 5 heteroatoms. The minimum atomic E-state index is 0.194. The monoisotopic (exact) mass is 474 g/mol. The molecular formula is C29H31ClN2O2. The van der Waals surface area contributed by atoms with Crippen molar-refractivity contribution in [2.24, 2.45) is 0 Å². The maximum Gasteiger partial charge on any atom is 0.179 e. The van der Waals surface area contributed by atoms with Crippen LogP contribution in [0.5, 0.6) is 0 Å². The third kappa shape index (κ3) is 4.27. The number of anilines is 1. The van der Waals surface area contributed by atoms with E-state index in [4.69, 9.17) is 20.9 Å². The van der Waals surface area contributed by atoms with Crippen LogP contribution < -0.4 is 4.90 Å². The predicted octanol–water partition coefficient (Wildman–Crippen LogP) is 8.14. The van der Waals surface area contributed by atoms with E-state index in [1.54, 1.807) is 0 Å². The number of hydrogen-bond acceptors (Lipinski definition) is 4. The van der Waals surface area contributed by atoms with E-state index >= 15 is 0 Å². The summed E-state index contributed by atoms with van der Waals surface area (Å²) in [7, 11) is 0. The van der Waals surface area contributed by atoms with Crippen molar-refractivity contribution in [2.45, 2.75) is 65.5 Å². The first-order valence-corrected chi connectivity index (χ1v) is 12.6. The van der Waals surface area contributed by atoms with Crippen molar-refractivity contribution in [3.63, 3.8) is 0 Å². The van der Waals surface area contributed by atoms with Gasteiger partial charge in [-0.25, -0.2) is 0 Å². The third-order valence-electron chi connectivity index (χ3n) is 6.99. The molecule has 2 heterocycles. The lowest BCUT2D eigenvalue weighted by molar-refractivity contribution is 0.199. The fourth-order valence-electron chi connectivity index (χ4n) is 4.98. The lowest BCUT2D eigenvalue weighted by Gasteiger charge is -2.39. The molecule has 1 atom stereocenters. The van der Waals surface area contributed by atoms with Crippen LogP contribution in [0, 0.1) is 13.8 Å². The Labute approximate surface area is 206 Å². The lowest BCUT2D eigenvalue weighted by atomic mass is 9.88. The number of benzene rings is 2. The summed E-state index contributed by atoms with van der Waals surface area (Å²) in [5.74, 6) is 2.83. The Morgan fingerprint density at radius 3 is 2.59 bits per heavy atom. The molecule has 2 aromatic carbocycles. The Morgan fingerprint density at radius 1 is 1.09 bits per heavy atom. The normalized spacial score (nSPS) is 18.1. The van der Waals surface area contributed by atoms with Crippen LogP contribution >= 0.6 is 11.6 Å². The second-order valence-electron chi connectivity index (χ2n) is 9.17. The fraction of sp³-hybridized carbons (Fsp3) is 0.345. The first kappa shape index (κ1) is 22.8. The van der Waals surface area contributed by atoms with Crippen molar-refractivity contribution >= 4 is 17.4 Å². The standard InChI is InChI=1S/C29H31ClN2O2/c1-4-23-17-28(25-12-8-9-13-27(25)32(23)29-19(2)20(3)34-31-29)33-18-21-14-15-24(26(30)16-21)22-10-6-5-7-11-22/h5-7,10-11,14-17,23H,4,8-9,12-13,18H2,1-3H3. The van der Waals surface area contributed by atoms with Gasteiger partial charge in [0.05, 0.1) is 6.04 Å². The molecule has 1 aliphatic heterocycles. The molecule has 1 aliphatic carbocycles. The van der Waals surface area contributed by atoms with Crippen molar-refractivity contribution < 1.29 is 9.26 Å². The van der Waals surface area contributed by atoms with Crippen LogP contribution in [0.25, 0.3) is 11.1 Å². The second-order valence-corrected chi connectivity index (χ2v) is 9.57. The molecule has 0 amide bonds. The number of allylic oxidation sites excluding steroid dienone is 2. The Bertz CT molecular complexity index is 1240. The van der Waals surface area contributed by atoms with Gasteiger partial charge in [0.1, 0.15) is 18.1 Å². The first-order valence-electron chi connectivity index (χ1n) is 12.2. The largest absolute Gasteiger partial charge is 0.489 e. The zero-order valence-corrected chi connectivity index (χ0v) is 20.9. The zero-order chi connectivity index (χ0) is 23.7. The molecule has 0 fully saturated rings. The van der Waals surface area contributed by atoms with Crippen LogP contribution in [0.1, 0.15) is 55.9 Å². The molecule has 3 aromatic rings. The van der Waals surface area contributed by atoms with Gasteiger partial charge >= 0.3 is 0 Å². The number of ether oxygens (including phenoxy) is 1. The highest BCUT2D eigenvalue weighted by atomic mass is 35.5. The van der Waals surface area contributed by atoms with Gasteiger partial charge in [-0.1, -0.05) is 66.1 Å². The van der Waals surface area contributed by atoms with Gasteiger partial charge in [-0.3, -0.25) is 0 Å².